The number of hydrogen-bond donors (Lipinski definition) is 1. The second-order valence-electron chi connectivity index (χ2n) is 4.99. The van der Waals surface area contributed by atoms with Crippen molar-refractivity contribution in [3.8, 4) is 11.8 Å². The van der Waals surface area contributed by atoms with Crippen LogP contribution in [0.1, 0.15) is 22.7 Å². The van der Waals surface area contributed by atoms with E-state index in [9.17, 15) is 9.59 Å². The monoisotopic (exact) mass is 325 g/mol. The van der Waals surface area contributed by atoms with Gasteiger partial charge in [0.05, 0.1) is 0 Å². The van der Waals surface area contributed by atoms with Gasteiger partial charge in [-0.2, -0.15) is 0 Å². The first kappa shape index (κ1) is 15.1. The number of alkyl carbamates (subject to hydrolysis) is 1. The summed E-state index contributed by atoms with van der Waals surface area (Å²) in [7, 11) is 0. The average Bonchev–Trinajstić information content (AvgIpc) is 2.96. The highest BCUT2D eigenvalue weighted by molar-refractivity contribution is 6.64. The van der Waals surface area contributed by atoms with E-state index in [1.807, 2.05) is 48.5 Å². The minimum absolute atomic E-state index is 0.606. The summed E-state index contributed by atoms with van der Waals surface area (Å²) < 4.78 is 4.89. The van der Waals surface area contributed by atoms with Gasteiger partial charge in [0.1, 0.15) is 6.04 Å². The third kappa shape index (κ3) is 3.53. The van der Waals surface area contributed by atoms with Crippen molar-refractivity contribution in [1.29, 1.82) is 0 Å². The first-order valence-electron chi connectivity index (χ1n) is 6.97. The number of rotatable bonds is 2. The Kier molecular flexibility index (Phi) is 4.31. The number of hydrogen-bond acceptors (Lipinski definition) is 3. The van der Waals surface area contributed by atoms with Crippen LogP contribution in [0.2, 0.25) is 0 Å². The number of nitrogens with one attached hydrogen (secondary N) is 1. The highest BCUT2D eigenvalue weighted by Crippen LogP contribution is 2.26. The molecule has 0 radical (unpaired) electrons. The van der Waals surface area contributed by atoms with Crippen LogP contribution in [0.4, 0.5) is 4.79 Å². The molecule has 2 atom stereocenters. The topological polar surface area (TPSA) is 55.4 Å². The average molecular weight is 326 g/mol. The van der Waals surface area contributed by atoms with Crippen molar-refractivity contribution >= 4 is 22.9 Å². The van der Waals surface area contributed by atoms with Crippen LogP contribution in [0.15, 0.2) is 54.6 Å². The van der Waals surface area contributed by atoms with Crippen molar-refractivity contribution in [1.82, 2.24) is 5.32 Å². The molecule has 0 saturated carbocycles. The molecular weight excluding hydrogens is 314 g/mol. The van der Waals surface area contributed by atoms with Gasteiger partial charge in [-0.25, -0.2) is 4.79 Å². The molecule has 0 unspecified atom stereocenters. The van der Waals surface area contributed by atoms with Gasteiger partial charge in [0.2, 0.25) is 6.10 Å². The van der Waals surface area contributed by atoms with Gasteiger partial charge in [-0.1, -0.05) is 42.2 Å². The molecule has 4 nitrogen and oxygen atoms in total. The van der Waals surface area contributed by atoms with Crippen LogP contribution in [-0.4, -0.2) is 17.4 Å². The zero-order valence-corrected chi connectivity index (χ0v) is 12.7. The minimum Gasteiger partial charge on any atom is -0.434 e. The number of benzene rings is 2. The molecule has 23 heavy (non-hydrogen) atoms. The molecule has 2 aromatic carbocycles. The summed E-state index contributed by atoms with van der Waals surface area (Å²) >= 11 is 5.49. The first-order chi connectivity index (χ1) is 11.1. The van der Waals surface area contributed by atoms with Crippen LogP contribution in [0, 0.1) is 11.8 Å². The van der Waals surface area contributed by atoms with Gasteiger partial charge in [0.15, 0.2) is 0 Å². The Hall–Kier alpha value is -2.77. The third-order valence-electron chi connectivity index (χ3n) is 3.40. The van der Waals surface area contributed by atoms with E-state index in [1.165, 1.54) is 0 Å². The summed E-state index contributed by atoms with van der Waals surface area (Å²) in [6.07, 6.45) is -1.68. The molecule has 1 fully saturated rings. The maximum Gasteiger partial charge on any atom is 0.408 e. The van der Waals surface area contributed by atoms with Crippen LogP contribution in [0.5, 0.6) is 0 Å². The molecule has 1 aliphatic rings. The molecule has 5 heteroatoms. The van der Waals surface area contributed by atoms with Gasteiger partial charge in [-0.3, -0.25) is 4.79 Å². The Morgan fingerprint density at radius 2 is 1.74 bits per heavy atom. The molecule has 0 aliphatic carbocycles. The van der Waals surface area contributed by atoms with Crippen molar-refractivity contribution in [2.75, 3.05) is 0 Å². The van der Waals surface area contributed by atoms with Crippen LogP contribution in [0.3, 0.4) is 0 Å². The highest BCUT2D eigenvalue weighted by Gasteiger charge is 2.39. The van der Waals surface area contributed by atoms with E-state index in [0.717, 1.165) is 16.7 Å². The van der Waals surface area contributed by atoms with Crippen molar-refractivity contribution in [2.24, 2.45) is 0 Å². The van der Waals surface area contributed by atoms with Crippen molar-refractivity contribution in [3.63, 3.8) is 0 Å². The molecule has 2 aromatic rings. The first-order valence-corrected chi connectivity index (χ1v) is 7.35. The summed E-state index contributed by atoms with van der Waals surface area (Å²) in [5.74, 6) is 6.12. The normalized spacial score (nSPS) is 19.3. The second-order valence-corrected chi connectivity index (χ2v) is 5.37. The number of ether oxygens (including phenoxy) is 1. The lowest BCUT2D eigenvalue weighted by molar-refractivity contribution is -0.118. The van der Waals surface area contributed by atoms with E-state index in [2.05, 4.69) is 17.2 Å². The van der Waals surface area contributed by atoms with E-state index >= 15 is 0 Å². The molecule has 114 valence electrons. The predicted octanol–water partition coefficient (Wildman–Crippen LogP) is 3.00. The quantitative estimate of drug-likeness (QED) is 0.682. The summed E-state index contributed by atoms with van der Waals surface area (Å²) in [6.45, 7) is 0. The van der Waals surface area contributed by atoms with Crippen LogP contribution >= 0.6 is 11.6 Å². The Morgan fingerprint density at radius 1 is 1.04 bits per heavy atom. The number of amides is 1. The zero-order valence-electron chi connectivity index (χ0n) is 12.0. The van der Waals surface area contributed by atoms with Crippen molar-refractivity contribution in [2.45, 2.75) is 12.1 Å². The molecule has 1 saturated heterocycles. The molecule has 3 rings (SSSR count). The van der Waals surface area contributed by atoms with E-state index in [0.29, 0.717) is 0 Å². The molecule has 0 spiro atoms. The van der Waals surface area contributed by atoms with Gasteiger partial charge in [-0.15, -0.1) is 0 Å². The molecule has 1 amide bonds. The van der Waals surface area contributed by atoms with Crippen molar-refractivity contribution in [3.05, 3.63) is 71.3 Å². The van der Waals surface area contributed by atoms with E-state index < -0.39 is 23.5 Å². The Balaban J connectivity index is 1.87. The van der Waals surface area contributed by atoms with E-state index in [4.69, 9.17) is 16.3 Å². The molecule has 1 N–H and O–H groups in total. The fraction of sp³-hybridized carbons (Fsp3) is 0.111. The fourth-order valence-corrected chi connectivity index (χ4v) is 2.50. The zero-order chi connectivity index (χ0) is 16.2. The number of carbonyl (C=O) groups is 2. The second kappa shape index (κ2) is 6.55. The van der Waals surface area contributed by atoms with E-state index in [-0.39, 0.29) is 0 Å². The van der Waals surface area contributed by atoms with Crippen molar-refractivity contribution < 1.29 is 14.3 Å². The number of carbonyl (C=O) groups excluding carboxylic acids is 2. The summed E-state index contributed by atoms with van der Waals surface area (Å²) in [5.41, 5.74) is 2.40. The summed E-state index contributed by atoms with van der Waals surface area (Å²) in [6, 6.07) is 16.3. The predicted molar refractivity (Wildman–Crippen MR) is 85.9 cm³/mol. The lowest BCUT2D eigenvalue weighted by Crippen LogP contribution is -2.26. The molecule has 0 bridgehead atoms. The summed E-state index contributed by atoms with van der Waals surface area (Å²) in [5, 5.41) is 1.87. The minimum atomic E-state index is -1.03. The smallest absolute Gasteiger partial charge is 0.408 e. The lowest BCUT2D eigenvalue weighted by atomic mass is 10.0. The highest BCUT2D eigenvalue weighted by atomic mass is 35.5. The van der Waals surface area contributed by atoms with Crippen LogP contribution < -0.4 is 5.32 Å². The molecular formula is C18H12ClNO3. The molecule has 1 heterocycles. The maximum atomic E-state index is 11.4. The Bertz CT molecular complexity index is 808. The Morgan fingerprint density at radius 3 is 2.48 bits per heavy atom. The standard InChI is InChI=1S/C18H12ClNO3/c19-17(21)16-15(20-18(22)23-16)14-8-4-7-13(11-14)10-9-12-5-2-1-3-6-12/h1-8,11,15-16H,(H,20,22)/t15-,16+/m1/s1. The Labute approximate surface area is 138 Å². The third-order valence-corrected chi connectivity index (χ3v) is 3.62. The SMILES string of the molecule is O=C1N[C@H](c2cccc(C#Cc3ccccc3)c2)[C@@H](C(=O)Cl)O1. The van der Waals surface area contributed by atoms with Gasteiger partial charge in [0.25, 0.3) is 5.24 Å². The van der Waals surface area contributed by atoms with Crippen LogP contribution in [-0.2, 0) is 9.53 Å². The number of cyclic esters (lactones) is 1. The molecule has 0 aromatic heterocycles. The lowest BCUT2D eigenvalue weighted by Gasteiger charge is -2.13. The van der Waals surface area contributed by atoms with Crippen LogP contribution in [0.25, 0.3) is 0 Å². The van der Waals surface area contributed by atoms with Gasteiger partial charge in [0, 0.05) is 11.1 Å². The van der Waals surface area contributed by atoms with Gasteiger partial charge >= 0.3 is 6.09 Å². The van der Waals surface area contributed by atoms with Gasteiger partial charge < -0.3 is 10.1 Å². The summed E-state index contributed by atoms with van der Waals surface area (Å²) in [4.78, 5) is 22.8. The van der Waals surface area contributed by atoms with E-state index in [1.54, 1.807) is 6.07 Å². The number of halogens is 1. The maximum absolute atomic E-state index is 11.4. The van der Waals surface area contributed by atoms with Gasteiger partial charge in [-0.05, 0) is 41.4 Å². The largest absolute Gasteiger partial charge is 0.434 e. The fourth-order valence-electron chi connectivity index (χ4n) is 2.33. The molecule has 1 aliphatic heterocycles.